The van der Waals surface area contributed by atoms with Gasteiger partial charge >= 0.3 is 0 Å². The fraction of sp³-hybridized carbons (Fsp3) is 0.333. The molecule has 1 aromatic heterocycles. The van der Waals surface area contributed by atoms with Crippen molar-refractivity contribution in [1.82, 2.24) is 4.57 Å². The second-order valence-corrected chi connectivity index (χ2v) is 4.61. The minimum atomic E-state index is 0.628. The van der Waals surface area contributed by atoms with Crippen LogP contribution in [-0.2, 0) is 13.0 Å². The molecule has 0 saturated carbocycles. The SMILES string of the molecule is CCc1ccn(CCCOc2cc(N)ccc2N)c1. The Hall–Kier alpha value is -2.10. The van der Waals surface area contributed by atoms with E-state index in [0.29, 0.717) is 23.7 Å². The summed E-state index contributed by atoms with van der Waals surface area (Å²) in [7, 11) is 0. The predicted molar refractivity (Wildman–Crippen MR) is 79.2 cm³/mol. The van der Waals surface area contributed by atoms with Crippen LogP contribution in [0.3, 0.4) is 0 Å². The number of nitrogens with zero attached hydrogens (tertiary/aromatic N) is 1. The summed E-state index contributed by atoms with van der Waals surface area (Å²) >= 11 is 0. The fourth-order valence-electron chi connectivity index (χ4n) is 1.94. The van der Waals surface area contributed by atoms with Gasteiger partial charge in [-0.15, -0.1) is 0 Å². The molecule has 19 heavy (non-hydrogen) atoms. The number of aryl methyl sites for hydroxylation is 2. The molecule has 1 aromatic carbocycles. The summed E-state index contributed by atoms with van der Waals surface area (Å²) in [6, 6.07) is 7.45. The van der Waals surface area contributed by atoms with Gasteiger partial charge in [0.25, 0.3) is 0 Å². The van der Waals surface area contributed by atoms with E-state index in [1.54, 1.807) is 18.2 Å². The molecule has 0 saturated heterocycles. The third kappa shape index (κ3) is 3.68. The largest absolute Gasteiger partial charge is 0.491 e. The molecule has 4 nitrogen and oxygen atoms in total. The maximum Gasteiger partial charge on any atom is 0.144 e. The van der Waals surface area contributed by atoms with Crippen molar-refractivity contribution < 1.29 is 4.74 Å². The van der Waals surface area contributed by atoms with Gasteiger partial charge in [-0.05, 0) is 36.6 Å². The Bertz CT molecular complexity index is 534. The number of aromatic nitrogens is 1. The normalized spacial score (nSPS) is 10.6. The number of benzene rings is 1. The Morgan fingerprint density at radius 3 is 2.79 bits per heavy atom. The van der Waals surface area contributed by atoms with Crippen LogP contribution in [0.2, 0.25) is 0 Å². The number of rotatable bonds is 6. The molecule has 0 unspecified atom stereocenters. The number of anilines is 2. The quantitative estimate of drug-likeness (QED) is 0.619. The molecule has 2 rings (SSSR count). The van der Waals surface area contributed by atoms with E-state index in [1.165, 1.54) is 5.56 Å². The molecule has 0 spiro atoms. The van der Waals surface area contributed by atoms with Crippen LogP contribution in [-0.4, -0.2) is 11.2 Å². The van der Waals surface area contributed by atoms with Crippen LogP contribution >= 0.6 is 0 Å². The van der Waals surface area contributed by atoms with Crippen molar-refractivity contribution in [3.8, 4) is 5.75 Å². The summed E-state index contributed by atoms with van der Waals surface area (Å²) in [6.45, 7) is 3.74. The minimum Gasteiger partial charge on any atom is -0.491 e. The van der Waals surface area contributed by atoms with E-state index < -0.39 is 0 Å². The molecule has 0 radical (unpaired) electrons. The summed E-state index contributed by atoms with van der Waals surface area (Å²) in [4.78, 5) is 0. The highest BCUT2D eigenvalue weighted by Crippen LogP contribution is 2.23. The average molecular weight is 259 g/mol. The fourth-order valence-corrected chi connectivity index (χ4v) is 1.94. The molecule has 0 aliphatic heterocycles. The van der Waals surface area contributed by atoms with Crippen molar-refractivity contribution in [2.24, 2.45) is 0 Å². The van der Waals surface area contributed by atoms with Crippen molar-refractivity contribution in [2.45, 2.75) is 26.3 Å². The van der Waals surface area contributed by atoms with Gasteiger partial charge in [-0.1, -0.05) is 6.92 Å². The van der Waals surface area contributed by atoms with Crippen LogP contribution in [0.1, 0.15) is 18.9 Å². The summed E-state index contributed by atoms with van der Waals surface area (Å²) in [5.74, 6) is 0.668. The van der Waals surface area contributed by atoms with Gasteiger partial charge in [-0.3, -0.25) is 0 Å². The first kappa shape index (κ1) is 13.3. The Morgan fingerprint density at radius 1 is 1.21 bits per heavy atom. The van der Waals surface area contributed by atoms with E-state index in [4.69, 9.17) is 16.2 Å². The number of hydrogen-bond donors (Lipinski definition) is 2. The first-order valence-electron chi connectivity index (χ1n) is 6.61. The topological polar surface area (TPSA) is 66.2 Å². The minimum absolute atomic E-state index is 0.628. The lowest BCUT2D eigenvalue weighted by atomic mass is 10.2. The van der Waals surface area contributed by atoms with Crippen LogP contribution < -0.4 is 16.2 Å². The molecule has 0 aliphatic rings. The van der Waals surface area contributed by atoms with Gasteiger partial charge in [0.15, 0.2) is 0 Å². The van der Waals surface area contributed by atoms with Crippen LogP contribution in [0.15, 0.2) is 36.7 Å². The van der Waals surface area contributed by atoms with Crippen LogP contribution in [0, 0.1) is 0 Å². The van der Waals surface area contributed by atoms with Crippen molar-refractivity contribution >= 4 is 11.4 Å². The zero-order chi connectivity index (χ0) is 13.7. The molecule has 1 heterocycles. The molecular formula is C15H21N3O. The Morgan fingerprint density at radius 2 is 2.05 bits per heavy atom. The molecule has 0 atom stereocenters. The molecule has 0 bridgehead atoms. The van der Waals surface area contributed by atoms with Gasteiger partial charge in [0.1, 0.15) is 5.75 Å². The number of nitrogens with two attached hydrogens (primary N) is 2. The standard InChI is InChI=1S/C15H21N3O/c1-2-12-6-8-18(11-12)7-3-9-19-15-10-13(16)4-5-14(15)17/h4-6,8,10-11H,2-3,7,9,16-17H2,1H3. The molecule has 2 aromatic rings. The zero-order valence-corrected chi connectivity index (χ0v) is 11.3. The first-order valence-corrected chi connectivity index (χ1v) is 6.61. The number of nitrogen functional groups attached to an aromatic ring is 2. The summed E-state index contributed by atoms with van der Waals surface area (Å²) in [6.07, 6.45) is 6.29. The second kappa shape index (κ2) is 6.18. The van der Waals surface area contributed by atoms with Crippen molar-refractivity contribution in [3.63, 3.8) is 0 Å². The second-order valence-electron chi connectivity index (χ2n) is 4.61. The summed E-state index contributed by atoms with van der Waals surface area (Å²) in [5, 5.41) is 0. The number of ether oxygens (including phenoxy) is 1. The molecule has 4 heteroatoms. The van der Waals surface area contributed by atoms with Crippen LogP contribution in [0.4, 0.5) is 11.4 Å². The van der Waals surface area contributed by atoms with Gasteiger partial charge < -0.3 is 20.8 Å². The van der Waals surface area contributed by atoms with Gasteiger partial charge in [0.05, 0.1) is 12.3 Å². The maximum atomic E-state index is 5.82. The molecule has 4 N–H and O–H groups in total. The molecule has 0 fully saturated rings. The van der Waals surface area contributed by atoms with Crippen LogP contribution in [0.25, 0.3) is 0 Å². The van der Waals surface area contributed by atoms with E-state index >= 15 is 0 Å². The van der Waals surface area contributed by atoms with Crippen molar-refractivity contribution in [2.75, 3.05) is 18.1 Å². The highest BCUT2D eigenvalue weighted by molar-refractivity contribution is 5.59. The number of hydrogen-bond acceptors (Lipinski definition) is 3. The highest BCUT2D eigenvalue weighted by Gasteiger charge is 2.01. The van der Waals surface area contributed by atoms with E-state index in [2.05, 4.69) is 30.0 Å². The Kier molecular flexibility index (Phi) is 4.34. The Labute approximate surface area is 114 Å². The summed E-state index contributed by atoms with van der Waals surface area (Å²) < 4.78 is 7.84. The van der Waals surface area contributed by atoms with E-state index in [0.717, 1.165) is 19.4 Å². The van der Waals surface area contributed by atoms with Gasteiger partial charge in [-0.2, -0.15) is 0 Å². The monoisotopic (exact) mass is 259 g/mol. The van der Waals surface area contributed by atoms with Gasteiger partial charge in [0.2, 0.25) is 0 Å². The summed E-state index contributed by atoms with van der Waals surface area (Å²) in [5.41, 5.74) is 14.2. The maximum absolute atomic E-state index is 5.82. The molecule has 0 aliphatic carbocycles. The van der Waals surface area contributed by atoms with Gasteiger partial charge in [-0.25, -0.2) is 0 Å². The smallest absolute Gasteiger partial charge is 0.144 e. The lowest BCUT2D eigenvalue weighted by Gasteiger charge is -2.09. The lowest BCUT2D eigenvalue weighted by Crippen LogP contribution is -2.05. The first-order chi connectivity index (χ1) is 9.19. The van der Waals surface area contributed by atoms with Crippen LogP contribution in [0.5, 0.6) is 5.75 Å². The average Bonchev–Trinajstić information content (AvgIpc) is 2.86. The molecule has 102 valence electrons. The lowest BCUT2D eigenvalue weighted by molar-refractivity contribution is 0.303. The third-order valence-corrected chi connectivity index (χ3v) is 3.08. The molecule has 0 amide bonds. The Balaban J connectivity index is 1.79. The van der Waals surface area contributed by atoms with E-state index in [9.17, 15) is 0 Å². The van der Waals surface area contributed by atoms with Crippen molar-refractivity contribution in [3.05, 3.63) is 42.2 Å². The predicted octanol–water partition coefficient (Wildman–Crippen LogP) is 2.68. The molecular weight excluding hydrogens is 238 g/mol. The third-order valence-electron chi connectivity index (χ3n) is 3.08. The zero-order valence-electron chi connectivity index (χ0n) is 11.3. The van der Waals surface area contributed by atoms with Crippen molar-refractivity contribution in [1.29, 1.82) is 0 Å². The van der Waals surface area contributed by atoms with Gasteiger partial charge in [0, 0.05) is 30.7 Å². The highest BCUT2D eigenvalue weighted by atomic mass is 16.5. The van der Waals surface area contributed by atoms with E-state index in [-0.39, 0.29) is 0 Å². The van der Waals surface area contributed by atoms with E-state index in [1.807, 2.05) is 0 Å².